The molecule has 0 N–H and O–H groups in total. The van der Waals surface area contributed by atoms with Crippen molar-refractivity contribution in [1.29, 1.82) is 0 Å². The van der Waals surface area contributed by atoms with Gasteiger partial charge in [-0.3, -0.25) is 4.98 Å². The first-order chi connectivity index (χ1) is 31.8. The Morgan fingerprint density at radius 1 is 0.600 bits per heavy atom. The first-order valence-electron chi connectivity index (χ1n) is 23.2. The number of fused-ring (bicyclic) bond motifs is 4. The molecule has 0 unspecified atom stereocenters. The summed E-state index contributed by atoms with van der Waals surface area (Å²) >= 11 is 0. The largest absolute Gasteiger partial charge is 2.00 e. The summed E-state index contributed by atoms with van der Waals surface area (Å²) in [5.74, 6) is 3.15. The number of aromatic nitrogens is 4. The van der Waals surface area contributed by atoms with E-state index in [0.29, 0.717) is 17.1 Å². The summed E-state index contributed by atoms with van der Waals surface area (Å²) in [5, 5.41) is 2.20. The van der Waals surface area contributed by atoms with Crippen molar-refractivity contribution < 1.29 is 28.5 Å². The van der Waals surface area contributed by atoms with E-state index in [1.165, 1.54) is 11.1 Å². The fourth-order valence-corrected chi connectivity index (χ4v) is 8.87. The fraction of sp³-hybridized carbons (Fsp3) is 0.186. The molecule has 0 spiro atoms. The van der Waals surface area contributed by atoms with Crippen LogP contribution in [0, 0.1) is 17.5 Å². The third kappa shape index (κ3) is 8.58. The second-order valence-electron chi connectivity index (χ2n) is 18.3. The Bertz CT molecular complexity index is 3370. The zero-order valence-corrected chi connectivity index (χ0v) is 40.0. The smallest absolute Gasteiger partial charge is 0.503 e. The molecule has 0 aliphatic heterocycles. The first-order valence-corrected chi connectivity index (χ1v) is 22.2. The van der Waals surface area contributed by atoms with Crippen molar-refractivity contribution in [3.63, 3.8) is 0 Å². The molecule has 10 rings (SSSR count). The molecule has 0 saturated carbocycles. The van der Waals surface area contributed by atoms with Crippen molar-refractivity contribution in [3.8, 4) is 56.6 Å². The SMILES string of the molecule is [2H]C([2H])(c1ccc(-c2ccc(-c3cc(C(C)C)c(-n4c(-c5[c-]c(Oc6[c-]c7c(cc6)c6ccccc6n7-c6ccccn6)ccc5)nc5ccccc54)c(C(C)C)c3)cc2)cc1)C(C)(C)C.[Pt+2]. The predicted molar refractivity (Wildman–Crippen MR) is 265 cm³/mol. The van der Waals surface area contributed by atoms with E-state index in [9.17, 15) is 0 Å². The second kappa shape index (κ2) is 17.8. The van der Waals surface area contributed by atoms with E-state index in [0.717, 1.165) is 78.0 Å². The number of hydrogen-bond acceptors (Lipinski definition) is 3. The Balaban J connectivity index is 0.00000562. The van der Waals surface area contributed by atoms with Crippen LogP contribution in [0.15, 0.2) is 164 Å². The van der Waals surface area contributed by atoms with E-state index >= 15 is 0 Å². The van der Waals surface area contributed by atoms with Gasteiger partial charge in [0.2, 0.25) is 0 Å². The summed E-state index contributed by atoms with van der Waals surface area (Å²) in [7, 11) is 0. The quantitative estimate of drug-likeness (QED) is 0.128. The average molecular weight is 1030 g/mol. The summed E-state index contributed by atoms with van der Waals surface area (Å²) in [6.07, 6.45) is 0.372. The number of pyridine rings is 1. The molecule has 0 fully saturated rings. The molecule has 3 heterocycles. The molecule has 5 nitrogen and oxygen atoms in total. The fourth-order valence-electron chi connectivity index (χ4n) is 8.87. The number of nitrogens with zero attached hydrogens (tertiary/aromatic N) is 4. The van der Waals surface area contributed by atoms with Crippen LogP contribution in [-0.4, -0.2) is 19.1 Å². The molecule has 0 amide bonds. The summed E-state index contributed by atoms with van der Waals surface area (Å²) in [6, 6.07) is 61.3. The van der Waals surface area contributed by atoms with Gasteiger partial charge in [-0.1, -0.05) is 145 Å². The molecule has 0 aliphatic carbocycles. The molecule has 6 heteroatoms. The van der Waals surface area contributed by atoms with Gasteiger partial charge >= 0.3 is 21.1 Å². The van der Waals surface area contributed by atoms with Gasteiger partial charge in [0.15, 0.2) is 0 Å². The number of hydrogen-bond donors (Lipinski definition) is 0. The van der Waals surface area contributed by atoms with Gasteiger partial charge < -0.3 is 13.9 Å². The van der Waals surface area contributed by atoms with Crippen LogP contribution in [0.1, 0.15) is 79.7 Å². The van der Waals surface area contributed by atoms with E-state index in [-0.39, 0.29) is 32.9 Å². The minimum absolute atomic E-state index is 0. The molecule has 324 valence electrons. The van der Waals surface area contributed by atoms with Crippen LogP contribution in [0.5, 0.6) is 11.5 Å². The molecule has 0 aliphatic rings. The van der Waals surface area contributed by atoms with Crippen molar-refractivity contribution in [2.24, 2.45) is 5.41 Å². The van der Waals surface area contributed by atoms with Crippen LogP contribution in [0.4, 0.5) is 0 Å². The molecule has 3 aromatic heterocycles. The first kappa shape index (κ1) is 41.2. The average Bonchev–Trinajstić information content (AvgIpc) is 3.87. The van der Waals surface area contributed by atoms with E-state index in [2.05, 4.69) is 139 Å². The molecular weight excluding hydrogens is 976 g/mol. The Morgan fingerprint density at radius 3 is 1.88 bits per heavy atom. The Kier molecular flexibility index (Phi) is 11.3. The number of para-hydroxylation sites is 3. The second-order valence-corrected chi connectivity index (χ2v) is 18.3. The maximum atomic E-state index is 8.73. The van der Waals surface area contributed by atoms with Crippen molar-refractivity contribution >= 4 is 32.8 Å². The maximum Gasteiger partial charge on any atom is 2.00 e. The van der Waals surface area contributed by atoms with Crippen LogP contribution >= 0.6 is 0 Å². The summed E-state index contributed by atoms with van der Waals surface area (Å²) in [4.78, 5) is 10.00. The molecule has 0 radical (unpaired) electrons. The topological polar surface area (TPSA) is 44.9 Å². The summed E-state index contributed by atoms with van der Waals surface area (Å²) in [5.41, 5.74) is 12.9. The molecule has 10 aromatic rings. The minimum atomic E-state index is -1.44. The predicted octanol–water partition coefficient (Wildman–Crippen LogP) is 15.7. The van der Waals surface area contributed by atoms with Crippen molar-refractivity contribution in [1.82, 2.24) is 19.1 Å². The van der Waals surface area contributed by atoms with Gasteiger partial charge in [0, 0.05) is 31.6 Å². The summed E-state index contributed by atoms with van der Waals surface area (Å²) < 4.78 is 28.5. The number of imidazole rings is 1. The van der Waals surface area contributed by atoms with Crippen LogP contribution in [0.2, 0.25) is 0 Å². The van der Waals surface area contributed by atoms with Gasteiger partial charge in [0.25, 0.3) is 0 Å². The molecule has 7 aromatic carbocycles. The molecule has 0 bridgehead atoms. The van der Waals surface area contributed by atoms with Gasteiger partial charge in [-0.05, 0) is 110 Å². The number of rotatable bonds is 10. The Hall–Kier alpha value is -6.55. The van der Waals surface area contributed by atoms with E-state index in [1.807, 2.05) is 99.8 Å². The standard InChI is InChI=1S/C59H52N4O.Pt/c1-38(2)50-34-45(43-28-26-42(27-29-43)41-24-22-40(23-25-41)37-59(5,6)7)35-51(39(3)4)57(50)63-54-20-11-9-18-52(54)61-58(63)44-15-14-16-46(33-44)64-47-30-31-49-48-17-8-10-19-53(48)62(55(49)36-47)56-21-12-13-32-60-56;/h8-32,34-35,38-39H,37H2,1-7H3;/q-2;+2/i37D2;. The normalized spacial score (nSPS) is 12.5. The molecular formula is C59H52N4OPt. The van der Waals surface area contributed by atoms with Gasteiger partial charge in [0.05, 0.1) is 16.9 Å². The zero-order chi connectivity index (χ0) is 45.9. The van der Waals surface area contributed by atoms with Crippen LogP contribution in [0.25, 0.3) is 78.0 Å². The molecule has 0 atom stereocenters. The summed E-state index contributed by atoms with van der Waals surface area (Å²) in [6.45, 7) is 14.9. The van der Waals surface area contributed by atoms with E-state index < -0.39 is 11.8 Å². The third-order valence-corrected chi connectivity index (χ3v) is 11.8. The van der Waals surface area contributed by atoms with E-state index in [4.69, 9.17) is 12.5 Å². The van der Waals surface area contributed by atoms with Gasteiger partial charge in [-0.2, -0.15) is 6.07 Å². The van der Waals surface area contributed by atoms with Crippen LogP contribution < -0.4 is 4.74 Å². The number of benzene rings is 7. The number of ether oxygens (including phenoxy) is 1. The van der Waals surface area contributed by atoms with Crippen molar-refractivity contribution in [3.05, 3.63) is 193 Å². The zero-order valence-electron chi connectivity index (χ0n) is 39.8. The van der Waals surface area contributed by atoms with Crippen LogP contribution in [-0.2, 0) is 27.4 Å². The molecule has 0 saturated heterocycles. The van der Waals surface area contributed by atoms with Gasteiger partial charge in [0.1, 0.15) is 5.82 Å². The Labute approximate surface area is 399 Å². The van der Waals surface area contributed by atoms with Crippen molar-refractivity contribution in [2.45, 2.75) is 66.7 Å². The van der Waals surface area contributed by atoms with Crippen molar-refractivity contribution in [2.75, 3.05) is 0 Å². The molecule has 65 heavy (non-hydrogen) atoms. The minimum Gasteiger partial charge on any atom is -0.503 e. The maximum absolute atomic E-state index is 8.73. The van der Waals surface area contributed by atoms with Gasteiger partial charge in [-0.15, -0.1) is 41.3 Å². The van der Waals surface area contributed by atoms with E-state index in [1.54, 1.807) is 0 Å². The monoisotopic (exact) mass is 1030 g/mol. The Morgan fingerprint density at radius 2 is 1.22 bits per heavy atom. The van der Waals surface area contributed by atoms with Gasteiger partial charge in [-0.25, -0.2) is 4.98 Å². The van der Waals surface area contributed by atoms with Crippen LogP contribution in [0.3, 0.4) is 0 Å². The third-order valence-electron chi connectivity index (χ3n) is 11.8.